The Morgan fingerprint density at radius 1 is 1.29 bits per heavy atom. The minimum absolute atomic E-state index is 0.0835. The van der Waals surface area contributed by atoms with E-state index in [1.165, 1.54) is 10.6 Å². The van der Waals surface area contributed by atoms with Gasteiger partial charge in [-0.25, -0.2) is 9.97 Å². The van der Waals surface area contributed by atoms with Gasteiger partial charge >= 0.3 is 0 Å². The Balaban J connectivity index is 2.14. The largest absolute Gasteiger partial charge is 0.269 e. The summed E-state index contributed by atoms with van der Waals surface area (Å²) < 4.78 is 2.25. The van der Waals surface area contributed by atoms with E-state index in [4.69, 9.17) is 0 Å². The molecule has 1 saturated carbocycles. The molecule has 2 aromatic heterocycles. The summed E-state index contributed by atoms with van der Waals surface area (Å²) in [4.78, 5) is 20.5. The molecule has 1 aliphatic rings. The monoisotopic (exact) mass is 291 g/mol. The molecule has 0 N–H and O–H groups in total. The van der Waals surface area contributed by atoms with Crippen molar-refractivity contribution in [3.05, 3.63) is 51.2 Å². The third-order valence-electron chi connectivity index (χ3n) is 2.71. The molecule has 0 aliphatic heterocycles. The Morgan fingerprint density at radius 3 is 2.82 bits per heavy atom. The minimum atomic E-state index is -0.0835. The molecule has 3 rings (SSSR count). The first-order valence-corrected chi connectivity index (χ1v) is 6.26. The zero-order valence-corrected chi connectivity index (χ0v) is 10.6. The highest BCUT2D eigenvalue weighted by atomic mass is 79.9. The topological polar surface area (TPSA) is 47.8 Å². The van der Waals surface area contributed by atoms with E-state index in [1.54, 1.807) is 18.3 Å². The maximum atomic E-state index is 11.7. The lowest BCUT2D eigenvalue weighted by Gasteiger charge is -2.06. The summed E-state index contributed by atoms with van der Waals surface area (Å²) in [6, 6.07) is 6.81. The molecule has 4 nitrogen and oxygen atoms in total. The number of pyridine rings is 1. The quantitative estimate of drug-likeness (QED) is 0.798. The molecule has 0 bridgehead atoms. The van der Waals surface area contributed by atoms with Gasteiger partial charge in [-0.1, -0.05) is 6.07 Å². The SMILES string of the molecule is O=c1ccccn1-c1cc(Br)nc(C2CC2)n1. The number of halogens is 1. The number of hydrogen-bond donors (Lipinski definition) is 0. The van der Waals surface area contributed by atoms with E-state index in [2.05, 4.69) is 25.9 Å². The van der Waals surface area contributed by atoms with Gasteiger partial charge in [0, 0.05) is 24.2 Å². The number of hydrogen-bond acceptors (Lipinski definition) is 3. The van der Waals surface area contributed by atoms with Crippen molar-refractivity contribution in [2.45, 2.75) is 18.8 Å². The Hall–Kier alpha value is -1.49. The summed E-state index contributed by atoms with van der Waals surface area (Å²) in [6.07, 6.45) is 3.99. The van der Waals surface area contributed by atoms with Crippen molar-refractivity contribution in [3.8, 4) is 5.82 Å². The second-order valence-corrected chi connectivity index (χ2v) is 4.90. The maximum Gasteiger partial charge on any atom is 0.256 e. The van der Waals surface area contributed by atoms with E-state index in [9.17, 15) is 4.79 Å². The molecule has 0 aromatic carbocycles. The van der Waals surface area contributed by atoms with Crippen molar-refractivity contribution in [2.24, 2.45) is 0 Å². The standard InChI is InChI=1S/C12H10BrN3O/c13-9-7-10(15-12(14-9)8-4-5-8)16-6-2-1-3-11(16)17/h1-3,6-8H,4-5H2. The van der Waals surface area contributed by atoms with Crippen LogP contribution in [-0.4, -0.2) is 14.5 Å². The Bertz CT molecular complexity index is 619. The van der Waals surface area contributed by atoms with Gasteiger partial charge in [0.25, 0.3) is 5.56 Å². The lowest BCUT2D eigenvalue weighted by molar-refractivity contribution is 0.853. The van der Waals surface area contributed by atoms with Crippen molar-refractivity contribution in [1.29, 1.82) is 0 Å². The molecule has 1 fully saturated rings. The number of rotatable bonds is 2. The zero-order chi connectivity index (χ0) is 11.8. The van der Waals surface area contributed by atoms with Crippen LogP contribution in [0.25, 0.3) is 5.82 Å². The van der Waals surface area contributed by atoms with Crippen LogP contribution in [0.15, 0.2) is 39.9 Å². The fraction of sp³-hybridized carbons (Fsp3) is 0.250. The fourth-order valence-electron chi connectivity index (χ4n) is 1.69. The van der Waals surface area contributed by atoms with E-state index in [-0.39, 0.29) is 5.56 Å². The van der Waals surface area contributed by atoms with Gasteiger partial charge in [-0.2, -0.15) is 0 Å². The molecule has 0 atom stereocenters. The maximum absolute atomic E-state index is 11.7. The molecule has 1 aliphatic carbocycles. The molecule has 2 heterocycles. The summed E-state index contributed by atoms with van der Waals surface area (Å²) in [5.74, 6) is 1.91. The van der Waals surface area contributed by atoms with Gasteiger partial charge < -0.3 is 0 Å². The van der Waals surface area contributed by atoms with Crippen LogP contribution in [-0.2, 0) is 0 Å². The lowest BCUT2D eigenvalue weighted by atomic mass is 10.4. The first-order chi connectivity index (χ1) is 8.24. The van der Waals surface area contributed by atoms with Crippen LogP contribution in [0.2, 0.25) is 0 Å². The van der Waals surface area contributed by atoms with Crippen LogP contribution in [0.3, 0.4) is 0 Å². The highest BCUT2D eigenvalue weighted by Crippen LogP contribution is 2.38. The number of aromatic nitrogens is 3. The van der Waals surface area contributed by atoms with Crippen molar-refractivity contribution in [2.75, 3.05) is 0 Å². The fourth-order valence-corrected chi connectivity index (χ4v) is 2.07. The predicted octanol–water partition coefficient (Wildman–Crippen LogP) is 2.27. The van der Waals surface area contributed by atoms with Gasteiger partial charge in [0.1, 0.15) is 16.2 Å². The van der Waals surface area contributed by atoms with Gasteiger partial charge in [0.05, 0.1) is 0 Å². The summed E-state index contributed by atoms with van der Waals surface area (Å²) in [5, 5.41) is 0. The summed E-state index contributed by atoms with van der Waals surface area (Å²) in [5.41, 5.74) is -0.0835. The van der Waals surface area contributed by atoms with Crippen LogP contribution in [0.1, 0.15) is 24.6 Å². The molecule has 17 heavy (non-hydrogen) atoms. The molecule has 0 radical (unpaired) electrons. The first kappa shape index (κ1) is 10.7. The van der Waals surface area contributed by atoms with E-state index >= 15 is 0 Å². The summed E-state index contributed by atoms with van der Waals surface area (Å²) in [7, 11) is 0. The van der Waals surface area contributed by atoms with Gasteiger partial charge in [0.2, 0.25) is 0 Å². The van der Waals surface area contributed by atoms with Crippen LogP contribution in [0.5, 0.6) is 0 Å². The Kier molecular flexibility index (Phi) is 2.55. The number of nitrogens with zero attached hydrogens (tertiary/aromatic N) is 3. The summed E-state index contributed by atoms with van der Waals surface area (Å²) >= 11 is 3.36. The Labute approximate surface area is 106 Å². The summed E-state index contributed by atoms with van der Waals surface area (Å²) in [6.45, 7) is 0. The molecule has 0 saturated heterocycles. The molecular weight excluding hydrogens is 282 g/mol. The van der Waals surface area contributed by atoms with Crippen molar-refractivity contribution >= 4 is 15.9 Å². The Morgan fingerprint density at radius 2 is 2.12 bits per heavy atom. The lowest BCUT2D eigenvalue weighted by Crippen LogP contribution is -2.17. The van der Waals surface area contributed by atoms with Gasteiger partial charge in [-0.05, 0) is 34.8 Å². The van der Waals surface area contributed by atoms with E-state index in [0.717, 1.165) is 23.3 Å². The van der Waals surface area contributed by atoms with Crippen molar-refractivity contribution < 1.29 is 0 Å². The van der Waals surface area contributed by atoms with Crippen LogP contribution in [0, 0.1) is 0 Å². The van der Waals surface area contributed by atoms with E-state index in [0.29, 0.717) is 11.7 Å². The molecule has 5 heteroatoms. The van der Waals surface area contributed by atoms with E-state index < -0.39 is 0 Å². The van der Waals surface area contributed by atoms with Gasteiger partial charge in [-0.3, -0.25) is 9.36 Å². The van der Waals surface area contributed by atoms with Gasteiger partial charge in [-0.15, -0.1) is 0 Å². The smallest absolute Gasteiger partial charge is 0.256 e. The third-order valence-corrected chi connectivity index (χ3v) is 3.12. The third kappa shape index (κ3) is 2.15. The zero-order valence-electron chi connectivity index (χ0n) is 9.01. The highest BCUT2D eigenvalue weighted by Gasteiger charge is 2.27. The minimum Gasteiger partial charge on any atom is -0.269 e. The molecular formula is C12H10BrN3O. The molecule has 0 amide bonds. The highest BCUT2D eigenvalue weighted by molar-refractivity contribution is 9.10. The molecule has 0 unspecified atom stereocenters. The van der Waals surface area contributed by atoms with Crippen LogP contribution < -0.4 is 5.56 Å². The normalized spacial score (nSPS) is 14.9. The first-order valence-electron chi connectivity index (χ1n) is 5.46. The molecule has 86 valence electrons. The van der Waals surface area contributed by atoms with Gasteiger partial charge in [0.15, 0.2) is 0 Å². The second-order valence-electron chi connectivity index (χ2n) is 4.09. The second kappa shape index (κ2) is 4.07. The van der Waals surface area contributed by atoms with Crippen molar-refractivity contribution in [1.82, 2.24) is 14.5 Å². The van der Waals surface area contributed by atoms with Crippen LogP contribution in [0.4, 0.5) is 0 Å². The molecule has 2 aromatic rings. The van der Waals surface area contributed by atoms with Crippen molar-refractivity contribution in [3.63, 3.8) is 0 Å². The van der Waals surface area contributed by atoms with E-state index in [1.807, 2.05) is 6.07 Å². The average Bonchev–Trinajstić information content (AvgIpc) is 3.12. The predicted molar refractivity (Wildman–Crippen MR) is 67.3 cm³/mol. The molecule has 0 spiro atoms. The van der Waals surface area contributed by atoms with Crippen LogP contribution >= 0.6 is 15.9 Å². The average molecular weight is 292 g/mol.